The van der Waals surface area contributed by atoms with E-state index in [1.807, 2.05) is 0 Å². The van der Waals surface area contributed by atoms with Crippen molar-refractivity contribution in [2.24, 2.45) is 0 Å². The molecule has 0 aromatic rings. The van der Waals surface area contributed by atoms with E-state index >= 15 is 0 Å². The van der Waals surface area contributed by atoms with Crippen LogP contribution in [0.2, 0.25) is 0 Å². The highest BCUT2D eigenvalue weighted by molar-refractivity contribution is 6.23. The molecule has 0 rings (SSSR count). The molecule has 0 saturated heterocycles. The Hall–Kier alpha value is -1.65. The van der Waals surface area contributed by atoms with E-state index < -0.39 is 5.91 Å². The molecule has 0 saturated carbocycles. The van der Waals surface area contributed by atoms with Gasteiger partial charge in [0.15, 0.2) is 0 Å². The van der Waals surface area contributed by atoms with Gasteiger partial charge in [0.2, 0.25) is 6.29 Å². The first-order valence-corrected chi connectivity index (χ1v) is 5.13. The maximum atomic E-state index is 10.9. The van der Waals surface area contributed by atoms with Gasteiger partial charge in [0.25, 0.3) is 5.91 Å². The summed E-state index contributed by atoms with van der Waals surface area (Å²) in [7, 11) is 0. The Morgan fingerprint density at radius 2 is 2.00 bits per heavy atom. The molecule has 0 unspecified atom stereocenters. The molecule has 16 heavy (non-hydrogen) atoms. The van der Waals surface area contributed by atoms with Crippen LogP contribution in [0.5, 0.6) is 0 Å². The fourth-order valence-corrected chi connectivity index (χ4v) is 0.945. The summed E-state index contributed by atoms with van der Waals surface area (Å²) in [6.07, 6.45) is 2.55. The molecule has 0 heterocycles. The van der Waals surface area contributed by atoms with Crippen molar-refractivity contribution in [2.75, 3.05) is 13.2 Å². The number of ether oxygens (including phenoxy) is 1. The summed E-state index contributed by atoms with van der Waals surface area (Å²) >= 11 is 0. The molecular weight excluding hydrogens is 210 g/mol. The fraction of sp³-hybridized carbons (Fsp3) is 0.545. The minimum Gasteiger partial charge on any atom is -0.462 e. The van der Waals surface area contributed by atoms with Crippen LogP contribution in [0.15, 0.2) is 12.2 Å². The number of esters is 1. The summed E-state index contributed by atoms with van der Waals surface area (Å²) in [5.74, 6) is -0.983. The monoisotopic (exact) mass is 227 g/mol. The molecule has 1 amide bonds. The number of amides is 1. The third-order valence-corrected chi connectivity index (χ3v) is 1.81. The second-order valence-corrected chi connectivity index (χ2v) is 3.39. The standard InChI is InChI=1S/C11H17NO4/c1-9(2)11(15)16-7-5-3-4-6-12-10(14)8-13/h8H,1,3-7H2,2H3,(H,12,14). The minimum absolute atomic E-state index is 0.245. The third kappa shape index (κ3) is 7.73. The van der Waals surface area contributed by atoms with Gasteiger partial charge in [-0.15, -0.1) is 0 Å². The smallest absolute Gasteiger partial charge is 0.333 e. The zero-order valence-electron chi connectivity index (χ0n) is 9.45. The van der Waals surface area contributed by atoms with Gasteiger partial charge in [0.05, 0.1) is 6.61 Å². The van der Waals surface area contributed by atoms with Crippen LogP contribution in [-0.4, -0.2) is 31.3 Å². The first-order chi connectivity index (χ1) is 7.57. The molecule has 0 radical (unpaired) electrons. The number of rotatable bonds is 8. The highest BCUT2D eigenvalue weighted by Gasteiger charge is 2.01. The Balaban J connectivity index is 3.28. The molecule has 5 heteroatoms. The average molecular weight is 227 g/mol. The highest BCUT2D eigenvalue weighted by Crippen LogP contribution is 1.98. The van der Waals surface area contributed by atoms with Crippen LogP contribution >= 0.6 is 0 Å². The molecule has 0 fully saturated rings. The van der Waals surface area contributed by atoms with Crippen LogP contribution in [0.25, 0.3) is 0 Å². The van der Waals surface area contributed by atoms with Gasteiger partial charge in [-0.05, 0) is 26.2 Å². The van der Waals surface area contributed by atoms with Gasteiger partial charge in [0.1, 0.15) is 0 Å². The van der Waals surface area contributed by atoms with Crippen LogP contribution in [0.4, 0.5) is 0 Å². The topological polar surface area (TPSA) is 72.5 Å². The van der Waals surface area contributed by atoms with Gasteiger partial charge in [0, 0.05) is 12.1 Å². The molecule has 0 aliphatic heterocycles. The Kier molecular flexibility index (Phi) is 7.75. The van der Waals surface area contributed by atoms with Crippen LogP contribution in [0.3, 0.4) is 0 Å². The van der Waals surface area contributed by atoms with Crippen molar-refractivity contribution >= 4 is 18.2 Å². The van der Waals surface area contributed by atoms with Crippen LogP contribution in [0.1, 0.15) is 26.2 Å². The van der Waals surface area contributed by atoms with E-state index in [2.05, 4.69) is 11.9 Å². The Morgan fingerprint density at radius 1 is 1.31 bits per heavy atom. The van der Waals surface area contributed by atoms with Crippen LogP contribution in [0, 0.1) is 0 Å². The summed E-state index contributed by atoms with van der Waals surface area (Å²) in [5.41, 5.74) is 0.387. The molecule has 0 aliphatic carbocycles. The summed E-state index contributed by atoms with van der Waals surface area (Å²) < 4.78 is 4.87. The Bertz CT molecular complexity index is 273. The first-order valence-electron chi connectivity index (χ1n) is 5.13. The molecular formula is C11H17NO4. The zero-order chi connectivity index (χ0) is 12.4. The lowest BCUT2D eigenvalue weighted by molar-refractivity contribution is -0.139. The van der Waals surface area contributed by atoms with Gasteiger partial charge >= 0.3 is 5.97 Å². The number of unbranched alkanes of at least 4 members (excludes halogenated alkanes) is 2. The predicted octanol–water partition coefficient (Wildman–Crippen LogP) is 0.591. The number of carbonyl (C=O) groups excluding carboxylic acids is 3. The van der Waals surface area contributed by atoms with Crippen LogP contribution in [-0.2, 0) is 19.1 Å². The van der Waals surface area contributed by atoms with Gasteiger partial charge in [-0.2, -0.15) is 0 Å². The maximum Gasteiger partial charge on any atom is 0.333 e. The number of hydrogen-bond acceptors (Lipinski definition) is 4. The number of hydrogen-bond donors (Lipinski definition) is 1. The van der Waals surface area contributed by atoms with E-state index in [0.717, 1.165) is 19.3 Å². The molecule has 0 aromatic carbocycles. The predicted molar refractivity (Wildman–Crippen MR) is 58.7 cm³/mol. The molecule has 90 valence electrons. The Labute approximate surface area is 94.8 Å². The zero-order valence-corrected chi connectivity index (χ0v) is 9.45. The van der Waals surface area contributed by atoms with E-state index in [0.29, 0.717) is 18.7 Å². The normalized spacial score (nSPS) is 9.31. The van der Waals surface area contributed by atoms with Gasteiger partial charge in [-0.3, -0.25) is 9.59 Å². The van der Waals surface area contributed by atoms with Crippen molar-refractivity contribution in [3.8, 4) is 0 Å². The number of carbonyl (C=O) groups is 3. The molecule has 0 atom stereocenters. The van der Waals surface area contributed by atoms with Crippen LogP contribution < -0.4 is 5.32 Å². The number of aldehydes is 1. The summed E-state index contributed by atoms with van der Waals surface area (Å²) in [5, 5.41) is 2.42. The number of nitrogens with one attached hydrogen (secondary N) is 1. The Morgan fingerprint density at radius 3 is 2.56 bits per heavy atom. The molecule has 1 N–H and O–H groups in total. The van der Waals surface area contributed by atoms with Crippen molar-refractivity contribution in [3.63, 3.8) is 0 Å². The molecule has 0 aliphatic rings. The molecule has 0 bridgehead atoms. The third-order valence-electron chi connectivity index (χ3n) is 1.81. The first kappa shape index (κ1) is 14.3. The SMILES string of the molecule is C=C(C)C(=O)OCCCCCNC(=O)C=O. The van der Waals surface area contributed by atoms with E-state index in [1.165, 1.54) is 0 Å². The van der Waals surface area contributed by atoms with Crippen molar-refractivity contribution in [1.82, 2.24) is 5.32 Å². The van der Waals surface area contributed by atoms with Crippen molar-refractivity contribution in [1.29, 1.82) is 0 Å². The van der Waals surface area contributed by atoms with E-state index in [1.54, 1.807) is 6.92 Å². The van der Waals surface area contributed by atoms with E-state index in [9.17, 15) is 14.4 Å². The molecule has 5 nitrogen and oxygen atoms in total. The van der Waals surface area contributed by atoms with Crippen molar-refractivity contribution < 1.29 is 19.1 Å². The van der Waals surface area contributed by atoms with E-state index in [-0.39, 0.29) is 12.3 Å². The van der Waals surface area contributed by atoms with Gasteiger partial charge in [-0.25, -0.2) is 4.79 Å². The lowest BCUT2D eigenvalue weighted by Crippen LogP contribution is -2.25. The summed E-state index contributed by atoms with van der Waals surface area (Å²) in [4.78, 5) is 31.4. The second-order valence-electron chi connectivity index (χ2n) is 3.39. The molecule has 0 aromatic heterocycles. The lowest BCUT2D eigenvalue weighted by Gasteiger charge is -2.04. The highest BCUT2D eigenvalue weighted by atomic mass is 16.5. The largest absolute Gasteiger partial charge is 0.462 e. The lowest BCUT2D eigenvalue weighted by atomic mass is 10.2. The van der Waals surface area contributed by atoms with Gasteiger partial charge < -0.3 is 10.1 Å². The van der Waals surface area contributed by atoms with Crippen molar-refractivity contribution in [3.05, 3.63) is 12.2 Å². The minimum atomic E-state index is -0.603. The quantitative estimate of drug-likeness (QED) is 0.216. The summed E-state index contributed by atoms with van der Waals surface area (Å²) in [6, 6.07) is 0. The summed E-state index contributed by atoms with van der Waals surface area (Å²) in [6.45, 7) is 5.87. The second kappa shape index (κ2) is 8.64. The maximum absolute atomic E-state index is 10.9. The van der Waals surface area contributed by atoms with Gasteiger partial charge in [-0.1, -0.05) is 6.58 Å². The van der Waals surface area contributed by atoms with E-state index in [4.69, 9.17) is 4.74 Å². The fourth-order valence-electron chi connectivity index (χ4n) is 0.945. The molecule has 0 spiro atoms. The average Bonchev–Trinajstić information content (AvgIpc) is 2.26. The van der Waals surface area contributed by atoms with Crippen molar-refractivity contribution in [2.45, 2.75) is 26.2 Å².